The van der Waals surface area contributed by atoms with Gasteiger partial charge in [-0.15, -0.1) is 0 Å². The quantitative estimate of drug-likeness (QED) is 0.610. The summed E-state index contributed by atoms with van der Waals surface area (Å²) in [6.45, 7) is 3.05. The number of Topliss-reactive ketones (excluding diaryl/α,β-unsaturated/α-hetero) is 1. The predicted octanol–water partition coefficient (Wildman–Crippen LogP) is 3.01. The normalized spacial score (nSPS) is 18.9. The van der Waals surface area contributed by atoms with Gasteiger partial charge in [0.1, 0.15) is 22.9 Å². The molecule has 28 heavy (non-hydrogen) atoms. The van der Waals surface area contributed by atoms with Crippen molar-refractivity contribution in [3.8, 4) is 5.75 Å². The Balaban J connectivity index is 1.82. The van der Waals surface area contributed by atoms with Crippen LogP contribution in [-0.4, -0.2) is 35.8 Å². The lowest BCUT2D eigenvalue weighted by molar-refractivity contribution is -0.130. The molecule has 3 rings (SSSR count). The second-order valence-electron chi connectivity index (χ2n) is 6.45. The summed E-state index contributed by atoms with van der Waals surface area (Å²) in [5, 5.41) is 2.36. The Labute approximate surface area is 160 Å². The van der Waals surface area contributed by atoms with Gasteiger partial charge in [-0.25, -0.2) is 13.6 Å². The Morgan fingerprint density at radius 3 is 2.46 bits per heavy atom. The summed E-state index contributed by atoms with van der Waals surface area (Å²) in [6.07, 6.45) is 0. The van der Waals surface area contributed by atoms with E-state index in [9.17, 15) is 23.2 Å². The van der Waals surface area contributed by atoms with E-state index < -0.39 is 41.4 Å². The fourth-order valence-corrected chi connectivity index (χ4v) is 3.04. The SMILES string of the molecule is CCOc1ccc(C(=O)CN2C(=O)NC(C)(c3cc(F)ccc3F)C2=O)cc1. The number of urea groups is 1. The number of nitrogens with one attached hydrogen (secondary N) is 1. The molecule has 3 amide bonds. The highest BCUT2D eigenvalue weighted by Gasteiger charge is 2.50. The Morgan fingerprint density at radius 2 is 1.82 bits per heavy atom. The summed E-state index contributed by atoms with van der Waals surface area (Å²) < 4.78 is 33.0. The second-order valence-corrected chi connectivity index (χ2v) is 6.45. The van der Waals surface area contributed by atoms with Crippen LogP contribution >= 0.6 is 0 Å². The Morgan fingerprint density at radius 1 is 1.14 bits per heavy atom. The van der Waals surface area contributed by atoms with Gasteiger partial charge >= 0.3 is 6.03 Å². The van der Waals surface area contributed by atoms with Crippen LogP contribution in [0.5, 0.6) is 5.75 Å². The first-order chi connectivity index (χ1) is 13.3. The lowest BCUT2D eigenvalue weighted by Gasteiger charge is -2.22. The molecule has 0 aliphatic carbocycles. The number of ketones is 1. The maximum Gasteiger partial charge on any atom is 0.325 e. The standard InChI is InChI=1S/C20H18F2N2O4/c1-3-28-14-7-4-12(5-8-14)17(25)11-24-18(26)20(2,23-19(24)27)15-10-13(21)6-9-16(15)22/h4-10H,3,11H2,1-2H3,(H,23,27). The van der Waals surface area contributed by atoms with Gasteiger partial charge < -0.3 is 10.1 Å². The number of carbonyl (C=O) groups excluding carboxylic acids is 3. The van der Waals surface area contributed by atoms with Gasteiger partial charge in [-0.3, -0.25) is 14.5 Å². The average molecular weight is 388 g/mol. The third-order valence-corrected chi connectivity index (χ3v) is 4.53. The van der Waals surface area contributed by atoms with Gasteiger partial charge in [0, 0.05) is 11.1 Å². The smallest absolute Gasteiger partial charge is 0.325 e. The van der Waals surface area contributed by atoms with Crippen LogP contribution in [0.3, 0.4) is 0 Å². The van der Waals surface area contributed by atoms with Crippen LogP contribution in [0.25, 0.3) is 0 Å². The van der Waals surface area contributed by atoms with Crippen LogP contribution < -0.4 is 10.1 Å². The van der Waals surface area contributed by atoms with Gasteiger partial charge in [-0.1, -0.05) is 0 Å². The summed E-state index contributed by atoms with van der Waals surface area (Å²) in [6, 6.07) is 8.05. The molecule has 1 unspecified atom stereocenters. The topological polar surface area (TPSA) is 75.7 Å². The monoisotopic (exact) mass is 388 g/mol. The minimum absolute atomic E-state index is 0.287. The first-order valence-electron chi connectivity index (χ1n) is 8.62. The number of rotatable bonds is 6. The van der Waals surface area contributed by atoms with Crippen molar-refractivity contribution in [1.29, 1.82) is 0 Å². The van der Waals surface area contributed by atoms with Crippen molar-refractivity contribution in [2.45, 2.75) is 19.4 Å². The molecule has 0 spiro atoms. The van der Waals surface area contributed by atoms with Crippen molar-refractivity contribution in [3.63, 3.8) is 0 Å². The van der Waals surface area contributed by atoms with E-state index in [0.29, 0.717) is 17.3 Å². The number of ether oxygens (including phenoxy) is 1. The third kappa shape index (κ3) is 3.45. The lowest BCUT2D eigenvalue weighted by Crippen LogP contribution is -2.42. The average Bonchev–Trinajstić information content (AvgIpc) is 2.88. The Kier molecular flexibility index (Phi) is 5.13. The van der Waals surface area contributed by atoms with Gasteiger partial charge in [-0.05, 0) is 56.3 Å². The van der Waals surface area contributed by atoms with Crippen molar-refractivity contribution in [1.82, 2.24) is 10.2 Å². The summed E-state index contributed by atoms with van der Waals surface area (Å²) in [7, 11) is 0. The summed E-state index contributed by atoms with van der Waals surface area (Å²) >= 11 is 0. The molecule has 0 aromatic heterocycles. The molecule has 2 aromatic carbocycles. The highest BCUT2D eigenvalue weighted by molar-refractivity contribution is 6.11. The number of hydrogen-bond donors (Lipinski definition) is 1. The molecule has 2 aromatic rings. The van der Waals surface area contributed by atoms with Crippen LogP contribution in [0.2, 0.25) is 0 Å². The summed E-state index contributed by atoms with van der Waals surface area (Å²) in [5.41, 5.74) is -1.82. The number of carbonyl (C=O) groups is 3. The van der Waals surface area contributed by atoms with E-state index in [4.69, 9.17) is 4.74 Å². The second kappa shape index (κ2) is 7.38. The molecule has 6 nitrogen and oxygen atoms in total. The molecule has 1 heterocycles. The first-order valence-corrected chi connectivity index (χ1v) is 8.62. The number of amides is 3. The number of nitrogens with zero attached hydrogens (tertiary/aromatic N) is 1. The molecule has 146 valence electrons. The van der Waals surface area contributed by atoms with Crippen molar-refractivity contribution in [2.24, 2.45) is 0 Å². The van der Waals surface area contributed by atoms with E-state index in [1.165, 1.54) is 19.1 Å². The van der Waals surface area contributed by atoms with Gasteiger partial charge in [0.05, 0.1) is 13.2 Å². The number of imide groups is 1. The Hall–Kier alpha value is -3.29. The maximum absolute atomic E-state index is 14.2. The highest BCUT2D eigenvalue weighted by atomic mass is 19.1. The largest absolute Gasteiger partial charge is 0.494 e. The molecule has 1 aliphatic heterocycles. The molecular formula is C20H18F2N2O4. The molecule has 0 radical (unpaired) electrons. The first kappa shape index (κ1) is 19.5. The van der Waals surface area contributed by atoms with Crippen LogP contribution in [-0.2, 0) is 10.3 Å². The fourth-order valence-electron chi connectivity index (χ4n) is 3.04. The summed E-state index contributed by atoms with van der Waals surface area (Å²) in [4.78, 5) is 38.2. The zero-order valence-corrected chi connectivity index (χ0v) is 15.3. The van der Waals surface area contributed by atoms with Crippen LogP contribution in [0, 0.1) is 11.6 Å². The van der Waals surface area contributed by atoms with E-state index in [1.807, 2.05) is 6.92 Å². The molecule has 1 atom stereocenters. The van der Waals surface area contributed by atoms with Crippen molar-refractivity contribution in [2.75, 3.05) is 13.2 Å². The number of halogens is 2. The van der Waals surface area contributed by atoms with Crippen LogP contribution in [0.4, 0.5) is 13.6 Å². The zero-order chi connectivity index (χ0) is 20.5. The molecular weight excluding hydrogens is 370 g/mol. The maximum atomic E-state index is 14.2. The van der Waals surface area contributed by atoms with Crippen LogP contribution in [0.15, 0.2) is 42.5 Å². The van der Waals surface area contributed by atoms with E-state index in [-0.39, 0.29) is 11.1 Å². The van der Waals surface area contributed by atoms with E-state index >= 15 is 0 Å². The zero-order valence-electron chi connectivity index (χ0n) is 15.3. The van der Waals surface area contributed by atoms with Crippen LogP contribution in [0.1, 0.15) is 29.8 Å². The van der Waals surface area contributed by atoms with Gasteiger partial charge in [-0.2, -0.15) is 0 Å². The highest BCUT2D eigenvalue weighted by Crippen LogP contribution is 2.31. The molecule has 1 N–H and O–H groups in total. The van der Waals surface area contributed by atoms with E-state index in [0.717, 1.165) is 18.2 Å². The molecule has 0 saturated carbocycles. The van der Waals surface area contributed by atoms with Gasteiger partial charge in [0.25, 0.3) is 5.91 Å². The van der Waals surface area contributed by atoms with Gasteiger partial charge in [0.15, 0.2) is 5.78 Å². The minimum Gasteiger partial charge on any atom is -0.494 e. The van der Waals surface area contributed by atoms with E-state index in [1.54, 1.807) is 12.1 Å². The van der Waals surface area contributed by atoms with Crippen molar-refractivity contribution >= 4 is 17.7 Å². The molecule has 8 heteroatoms. The van der Waals surface area contributed by atoms with E-state index in [2.05, 4.69) is 5.32 Å². The fraction of sp³-hybridized carbons (Fsp3) is 0.250. The third-order valence-electron chi connectivity index (χ3n) is 4.53. The number of hydrogen-bond acceptors (Lipinski definition) is 4. The minimum atomic E-state index is -1.80. The number of benzene rings is 2. The summed E-state index contributed by atoms with van der Waals surface area (Å²) in [5.74, 6) is -2.30. The Bertz CT molecular complexity index is 946. The van der Waals surface area contributed by atoms with Crippen molar-refractivity contribution < 1.29 is 27.9 Å². The molecule has 0 bridgehead atoms. The predicted molar refractivity (Wildman–Crippen MR) is 95.9 cm³/mol. The molecule has 1 saturated heterocycles. The van der Waals surface area contributed by atoms with Crippen molar-refractivity contribution in [3.05, 3.63) is 65.2 Å². The molecule has 1 fully saturated rings. The molecule has 1 aliphatic rings. The lowest BCUT2D eigenvalue weighted by atomic mass is 9.91. The van der Waals surface area contributed by atoms with Gasteiger partial charge in [0.2, 0.25) is 0 Å².